The zero-order valence-corrected chi connectivity index (χ0v) is 8.41. The Hall–Kier alpha value is -1.02. The van der Waals surface area contributed by atoms with Gasteiger partial charge in [0.15, 0.2) is 0 Å². The van der Waals surface area contributed by atoms with Gasteiger partial charge in [-0.2, -0.15) is 0 Å². The number of hydrogen-bond acceptors (Lipinski definition) is 2. The summed E-state index contributed by atoms with van der Waals surface area (Å²) in [5.41, 5.74) is 1.17. The molecule has 2 N–H and O–H groups in total. The predicted octanol–water partition coefficient (Wildman–Crippen LogP) is 2.10. The quantitative estimate of drug-likeness (QED) is 0.743. The first-order valence-electron chi connectivity index (χ1n) is 4.61. The van der Waals surface area contributed by atoms with Gasteiger partial charge in [0.1, 0.15) is 5.75 Å². The Kier molecular flexibility index (Phi) is 3.32. The molecule has 13 heavy (non-hydrogen) atoms. The van der Waals surface area contributed by atoms with E-state index in [0.717, 1.165) is 0 Å². The summed E-state index contributed by atoms with van der Waals surface area (Å²) in [6.07, 6.45) is 0. The topological polar surface area (TPSA) is 32.3 Å². The van der Waals surface area contributed by atoms with Crippen molar-refractivity contribution in [1.29, 1.82) is 0 Å². The van der Waals surface area contributed by atoms with Gasteiger partial charge in [-0.3, -0.25) is 0 Å². The third kappa shape index (κ3) is 2.46. The smallest absolute Gasteiger partial charge is 0.115 e. The molecule has 1 rings (SSSR count). The molecule has 2 heteroatoms. The number of phenolic OH excluding ortho intramolecular Hbond substituents is 1. The molecule has 0 spiro atoms. The third-order valence-corrected chi connectivity index (χ3v) is 2.60. The summed E-state index contributed by atoms with van der Waals surface area (Å²) in [5, 5.41) is 12.5. The molecule has 0 radical (unpaired) electrons. The van der Waals surface area contributed by atoms with Crippen LogP contribution < -0.4 is 5.32 Å². The minimum absolute atomic E-state index is 0.340. The second kappa shape index (κ2) is 4.28. The zero-order chi connectivity index (χ0) is 9.84. The van der Waals surface area contributed by atoms with Gasteiger partial charge in [-0.1, -0.05) is 19.1 Å². The highest BCUT2D eigenvalue weighted by atomic mass is 16.3. The molecule has 0 bridgehead atoms. The van der Waals surface area contributed by atoms with Crippen molar-refractivity contribution in [2.45, 2.75) is 25.8 Å². The second-order valence-electron chi connectivity index (χ2n) is 3.46. The lowest BCUT2D eigenvalue weighted by atomic mass is 9.94. The van der Waals surface area contributed by atoms with Crippen LogP contribution in [0.4, 0.5) is 0 Å². The van der Waals surface area contributed by atoms with Crippen molar-refractivity contribution in [2.24, 2.45) is 0 Å². The average Bonchev–Trinajstić information content (AvgIpc) is 2.15. The summed E-state index contributed by atoms with van der Waals surface area (Å²) in [4.78, 5) is 0. The maximum atomic E-state index is 9.30. The van der Waals surface area contributed by atoms with E-state index < -0.39 is 0 Å². The predicted molar refractivity (Wildman–Crippen MR) is 55.0 cm³/mol. The van der Waals surface area contributed by atoms with Crippen LogP contribution in [0.25, 0.3) is 0 Å². The number of benzene rings is 1. The minimum atomic E-state index is 0.340. The van der Waals surface area contributed by atoms with Crippen molar-refractivity contribution < 1.29 is 5.11 Å². The molecule has 0 aromatic heterocycles. The van der Waals surface area contributed by atoms with Crippen molar-refractivity contribution in [1.82, 2.24) is 5.32 Å². The highest BCUT2D eigenvalue weighted by molar-refractivity contribution is 5.30. The van der Waals surface area contributed by atoms with Crippen LogP contribution in [0.5, 0.6) is 5.75 Å². The lowest BCUT2D eigenvalue weighted by Crippen LogP contribution is -2.27. The highest BCUT2D eigenvalue weighted by Crippen LogP contribution is 2.22. The van der Waals surface area contributed by atoms with Gasteiger partial charge in [0.05, 0.1) is 0 Å². The molecular weight excluding hydrogens is 161 g/mol. The van der Waals surface area contributed by atoms with Gasteiger partial charge in [-0.25, -0.2) is 0 Å². The fourth-order valence-corrected chi connectivity index (χ4v) is 1.35. The van der Waals surface area contributed by atoms with Gasteiger partial charge in [-0.15, -0.1) is 0 Å². The van der Waals surface area contributed by atoms with Crippen molar-refractivity contribution >= 4 is 0 Å². The number of likely N-dealkylation sites (N-methyl/N-ethyl adjacent to an activating group) is 1. The number of hydrogen-bond donors (Lipinski definition) is 2. The molecule has 0 heterocycles. The van der Waals surface area contributed by atoms with Gasteiger partial charge in [-0.05, 0) is 37.6 Å². The molecule has 0 saturated carbocycles. The van der Waals surface area contributed by atoms with E-state index in [1.807, 2.05) is 25.2 Å². The Bertz CT molecular complexity index is 273. The van der Waals surface area contributed by atoms with Crippen LogP contribution in [0.15, 0.2) is 24.3 Å². The molecule has 0 amide bonds. The Morgan fingerprint density at radius 2 is 2.00 bits per heavy atom. The Morgan fingerprint density at radius 1 is 1.31 bits per heavy atom. The van der Waals surface area contributed by atoms with Crippen LogP contribution in [0.2, 0.25) is 0 Å². The van der Waals surface area contributed by atoms with Gasteiger partial charge >= 0.3 is 0 Å². The molecule has 1 aromatic rings. The van der Waals surface area contributed by atoms with Crippen LogP contribution in [-0.2, 0) is 0 Å². The van der Waals surface area contributed by atoms with Gasteiger partial charge < -0.3 is 10.4 Å². The van der Waals surface area contributed by atoms with Crippen molar-refractivity contribution in [3.63, 3.8) is 0 Å². The lowest BCUT2D eigenvalue weighted by Gasteiger charge is -2.19. The number of rotatable bonds is 3. The van der Waals surface area contributed by atoms with Crippen LogP contribution in [-0.4, -0.2) is 18.2 Å². The summed E-state index contributed by atoms with van der Waals surface area (Å²) in [6.45, 7) is 4.28. The zero-order valence-electron chi connectivity index (χ0n) is 8.41. The van der Waals surface area contributed by atoms with Gasteiger partial charge in [0, 0.05) is 6.04 Å². The molecule has 0 saturated heterocycles. The van der Waals surface area contributed by atoms with Crippen molar-refractivity contribution in [3.8, 4) is 5.75 Å². The standard InChI is InChI=1S/C11H17NO/c1-8(9(2)12-3)10-5-4-6-11(13)7-10/h4-9,12-13H,1-3H3/t8-,9-/m1/s1/i3-1. The summed E-state index contributed by atoms with van der Waals surface area (Å²) in [6, 6.07) is 7.85. The average molecular weight is 178 g/mol. The van der Waals surface area contributed by atoms with E-state index in [9.17, 15) is 5.11 Å². The highest BCUT2D eigenvalue weighted by Gasteiger charge is 2.12. The van der Waals surface area contributed by atoms with Crippen molar-refractivity contribution in [2.75, 3.05) is 7.05 Å². The first kappa shape index (κ1) is 10.1. The van der Waals surface area contributed by atoms with Gasteiger partial charge in [0.2, 0.25) is 0 Å². The molecular formula is C11H17NO. The fourth-order valence-electron chi connectivity index (χ4n) is 1.35. The normalized spacial score (nSPS) is 15.3. The first-order valence-corrected chi connectivity index (χ1v) is 4.61. The minimum Gasteiger partial charge on any atom is -0.508 e. The van der Waals surface area contributed by atoms with Gasteiger partial charge in [0.25, 0.3) is 0 Å². The summed E-state index contributed by atoms with van der Waals surface area (Å²) >= 11 is 0. The van der Waals surface area contributed by atoms with E-state index in [2.05, 4.69) is 19.2 Å². The maximum absolute atomic E-state index is 9.30. The van der Waals surface area contributed by atoms with Crippen molar-refractivity contribution in [3.05, 3.63) is 29.8 Å². The molecule has 2 atom stereocenters. The largest absolute Gasteiger partial charge is 0.508 e. The van der Waals surface area contributed by atoms with E-state index in [1.165, 1.54) is 5.56 Å². The summed E-state index contributed by atoms with van der Waals surface area (Å²) < 4.78 is 0. The number of phenols is 1. The van der Waals surface area contributed by atoms with Crippen LogP contribution >= 0.6 is 0 Å². The molecule has 0 aliphatic carbocycles. The van der Waals surface area contributed by atoms with E-state index in [0.29, 0.717) is 17.7 Å². The third-order valence-electron chi connectivity index (χ3n) is 2.60. The van der Waals surface area contributed by atoms with E-state index >= 15 is 0 Å². The Labute approximate surface area is 79.6 Å². The molecule has 0 aliphatic rings. The van der Waals surface area contributed by atoms with E-state index in [1.54, 1.807) is 6.07 Å². The second-order valence-corrected chi connectivity index (χ2v) is 3.46. The molecule has 1 aromatic carbocycles. The Balaban J connectivity index is 2.82. The Morgan fingerprint density at radius 3 is 2.54 bits per heavy atom. The molecule has 2 nitrogen and oxygen atoms in total. The van der Waals surface area contributed by atoms with Crippen LogP contribution in [0.1, 0.15) is 25.3 Å². The molecule has 0 unspecified atom stereocenters. The number of aromatic hydroxyl groups is 1. The van der Waals surface area contributed by atoms with E-state index in [-0.39, 0.29) is 0 Å². The summed E-state index contributed by atoms with van der Waals surface area (Å²) in [5.74, 6) is 0.754. The first-order chi connectivity index (χ1) is 6.15. The van der Waals surface area contributed by atoms with Crippen LogP contribution in [0.3, 0.4) is 0 Å². The monoisotopic (exact) mass is 178 g/mol. The van der Waals surface area contributed by atoms with Crippen LogP contribution in [0, 0.1) is 0 Å². The summed E-state index contributed by atoms with van der Waals surface area (Å²) in [7, 11) is 1.95. The molecule has 0 aliphatic heterocycles. The molecule has 0 fully saturated rings. The number of nitrogens with one attached hydrogen (secondary N) is 1. The molecule has 72 valence electrons. The fraction of sp³-hybridized carbons (Fsp3) is 0.455. The van der Waals surface area contributed by atoms with E-state index in [4.69, 9.17) is 0 Å². The SMILES string of the molecule is C[C@@H](N[11CH3])[C@@H](C)c1cccc(O)c1. The lowest BCUT2D eigenvalue weighted by molar-refractivity contribution is 0.470. The maximum Gasteiger partial charge on any atom is 0.115 e.